The van der Waals surface area contributed by atoms with E-state index in [0.29, 0.717) is 12.0 Å². The summed E-state index contributed by atoms with van der Waals surface area (Å²) in [5, 5.41) is 9.52. The van der Waals surface area contributed by atoms with Crippen LogP contribution in [0.25, 0.3) is 0 Å². The molecular weight excluding hydrogens is 196 g/mol. The molecule has 0 aromatic heterocycles. The minimum Gasteiger partial charge on any atom is -0.507 e. The van der Waals surface area contributed by atoms with Crippen LogP contribution in [0.2, 0.25) is 0 Å². The van der Waals surface area contributed by atoms with Crippen LogP contribution >= 0.6 is 0 Å². The molecule has 1 aromatic carbocycles. The van der Waals surface area contributed by atoms with Crippen molar-refractivity contribution in [3.05, 3.63) is 23.8 Å². The van der Waals surface area contributed by atoms with Crippen LogP contribution in [-0.2, 0) is 4.79 Å². The van der Waals surface area contributed by atoms with Gasteiger partial charge in [-0.2, -0.15) is 0 Å². The highest BCUT2D eigenvalue weighted by atomic mass is 16.5. The van der Waals surface area contributed by atoms with E-state index in [1.807, 2.05) is 0 Å². The molecule has 4 heteroatoms. The average Bonchev–Trinajstić information content (AvgIpc) is 2.22. The number of hydrogen-bond donors (Lipinski definition) is 1. The van der Waals surface area contributed by atoms with E-state index in [2.05, 4.69) is 0 Å². The zero-order valence-corrected chi connectivity index (χ0v) is 7.97. The molecule has 1 N–H and O–H groups in total. The molecule has 0 amide bonds. The number of ketones is 1. The number of phenols is 1. The lowest BCUT2D eigenvalue weighted by Crippen LogP contribution is -2.28. The molecule has 0 fully saturated rings. The predicted molar refractivity (Wildman–Crippen MR) is 52.1 cm³/mol. The third-order valence-corrected chi connectivity index (χ3v) is 2.44. The molecule has 2 rings (SSSR count). The van der Waals surface area contributed by atoms with Crippen LogP contribution in [0.5, 0.6) is 11.5 Å². The lowest BCUT2D eigenvalue weighted by molar-refractivity contribution is -0.108. The van der Waals surface area contributed by atoms with Gasteiger partial charge in [0, 0.05) is 6.42 Å². The van der Waals surface area contributed by atoms with Gasteiger partial charge in [-0.05, 0) is 12.1 Å². The van der Waals surface area contributed by atoms with Crippen LogP contribution in [0.15, 0.2) is 18.2 Å². The van der Waals surface area contributed by atoms with Crippen molar-refractivity contribution in [2.45, 2.75) is 6.42 Å². The van der Waals surface area contributed by atoms with Crippen molar-refractivity contribution < 1.29 is 19.4 Å². The zero-order chi connectivity index (χ0) is 10.8. The Morgan fingerprint density at radius 2 is 2.33 bits per heavy atom. The maximum Gasteiger partial charge on any atom is 0.177 e. The number of fused-ring (bicyclic) bond motifs is 1. The van der Waals surface area contributed by atoms with Crippen LogP contribution in [0.4, 0.5) is 0 Å². The summed E-state index contributed by atoms with van der Waals surface area (Å²) in [6.45, 7) is 0.202. The minimum absolute atomic E-state index is 0.0897. The molecule has 1 unspecified atom stereocenters. The van der Waals surface area contributed by atoms with E-state index in [-0.39, 0.29) is 30.1 Å². The topological polar surface area (TPSA) is 63.6 Å². The normalized spacial score (nSPS) is 19.2. The highest BCUT2D eigenvalue weighted by Gasteiger charge is 2.30. The zero-order valence-electron chi connectivity index (χ0n) is 7.97. The van der Waals surface area contributed by atoms with E-state index in [9.17, 15) is 14.7 Å². The van der Waals surface area contributed by atoms with Gasteiger partial charge in [0.1, 0.15) is 23.3 Å². The second-order valence-electron chi connectivity index (χ2n) is 3.42. The first-order valence-electron chi connectivity index (χ1n) is 4.66. The summed E-state index contributed by atoms with van der Waals surface area (Å²) in [4.78, 5) is 22.2. The summed E-state index contributed by atoms with van der Waals surface area (Å²) in [5.74, 6) is -0.389. The van der Waals surface area contributed by atoms with E-state index >= 15 is 0 Å². The second-order valence-corrected chi connectivity index (χ2v) is 3.42. The monoisotopic (exact) mass is 206 g/mol. The highest BCUT2D eigenvalue weighted by molar-refractivity contribution is 6.04. The molecular formula is C11H10O4. The highest BCUT2D eigenvalue weighted by Crippen LogP contribution is 2.34. The fourth-order valence-corrected chi connectivity index (χ4v) is 1.65. The van der Waals surface area contributed by atoms with Crippen LogP contribution < -0.4 is 4.74 Å². The molecule has 1 aromatic rings. The van der Waals surface area contributed by atoms with E-state index in [1.54, 1.807) is 12.1 Å². The van der Waals surface area contributed by atoms with Crippen molar-refractivity contribution in [1.29, 1.82) is 0 Å². The number of carbonyl (C=O) groups excluding carboxylic acids is 2. The number of aldehydes is 1. The number of carbonyl (C=O) groups is 2. The summed E-state index contributed by atoms with van der Waals surface area (Å²) in [7, 11) is 0. The quantitative estimate of drug-likeness (QED) is 0.738. The molecule has 0 spiro atoms. The summed E-state index contributed by atoms with van der Waals surface area (Å²) < 4.78 is 5.30. The first-order valence-corrected chi connectivity index (χ1v) is 4.66. The Balaban J connectivity index is 2.40. The van der Waals surface area contributed by atoms with Crippen LogP contribution in [0.1, 0.15) is 16.8 Å². The largest absolute Gasteiger partial charge is 0.507 e. The van der Waals surface area contributed by atoms with E-state index in [4.69, 9.17) is 4.74 Å². The Hall–Kier alpha value is -1.84. The van der Waals surface area contributed by atoms with Gasteiger partial charge in [-0.1, -0.05) is 6.07 Å². The minimum atomic E-state index is -0.469. The predicted octanol–water partition coefficient (Wildman–Crippen LogP) is 1.17. The smallest absolute Gasteiger partial charge is 0.177 e. The molecule has 1 aliphatic heterocycles. The Morgan fingerprint density at radius 3 is 3.07 bits per heavy atom. The maximum absolute atomic E-state index is 11.8. The Bertz CT molecular complexity index is 411. The van der Waals surface area contributed by atoms with Crippen molar-refractivity contribution >= 4 is 12.1 Å². The van der Waals surface area contributed by atoms with E-state index in [0.717, 1.165) is 0 Å². The van der Waals surface area contributed by atoms with Crippen LogP contribution in [0, 0.1) is 5.92 Å². The Morgan fingerprint density at radius 1 is 1.53 bits per heavy atom. The standard InChI is InChI=1S/C11H10O4/c12-5-4-7-6-15-9-3-1-2-8(13)10(9)11(7)14/h1-3,5,7,13H,4,6H2. The number of aromatic hydroxyl groups is 1. The molecule has 1 heterocycles. The van der Waals surface area contributed by atoms with Gasteiger partial charge in [0.2, 0.25) is 0 Å². The van der Waals surface area contributed by atoms with Gasteiger partial charge in [-0.3, -0.25) is 4.79 Å². The number of benzene rings is 1. The third-order valence-electron chi connectivity index (χ3n) is 2.44. The van der Waals surface area contributed by atoms with Gasteiger partial charge in [-0.25, -0.2) is 0 Å². The third kappa shape index (κ3) is 1.58. The van der Waals surface area contributed by atoms with Crippen molar-refractivity contribution in [2.75, 3.05) is 6.61 Å². The summed E-state index contributed by atoms with van der Waals surface area (Å²) in [6, 6.07) is 4.68. The van der Waals surface area contributed by atoms with Gasteiger partial charge < -0.3 is 14.6 Å². The van der Waals surface area contributed by atoms with Gasteiger partial charge in [0.25, 0.3) is 0 Å². The van der Waals surface area contributed by atoms with Crippen molar-refractivity contribution in [3.8, 4) is 11.5 Å². The molecule has 0 aliphatic carbocycles. The first kappa shape index (κ1) is 9.71. The molecule has 4 nitrogen and oxygen atoms in total. The first-order chi connectivity index (χ1) is 7.24. The van der Waals surface area contributed by atoms with Gasteiger partial charge >= 0.3 is 0 Å². The number of Topliss-reactive ketones (excluding diaryl/α,β-unsaturated/α-hetero) is 1. The SMILES string of the molecule is O=CCC1COc2cccc(O)c2C1=O. The van der Waals surface area contributed by atoms with Crippen molar-refractivity contribution in [2.24, 2.45) is 5.92 Å². The fraction of sp³-hybridized carbons (Fsp3) is 0.273. The molecule has 78 valence electrons. The van der Waals surface area contributed by atoms with Crippen LogP contribution in [-0.4, -0.2) is 23.8 Å². The lowest BCUT2D eigenvalue weighted by atomic mass is 9.92. The number of phenolic OH excluding ortho intramolecular Hbond substituents is 1. The Labute approximate surface area is 86.5 Å². The van der Waals surface area contributed by atoms with Gasteiger partial charge in [-0.15, -0.1) is 0 Å². The van der Waals surface area contributed by atoms with Crippen LogP contribution in [0.3, 0.4) is 0 Å². The van der Waals surface area contributed by atoms with Gasteiger partial charge in [0.15, 0.2) is 5.78 Å². The molecule has 15 heavy (non-hydrogen) atoms. The number of ether oxygens (including phenoxy) is 1. The van der Waals surface area contributed by atoms with Gasteiger partial charge in [0.05, 0.1) is 12.5 Å². The Kier molecular flexibility index (Phi) is 2.41. The van der Waals surface area contributed by atoms with E-state index in [1.165, 1.54) is 6.07 Å². The average molecular weight is 206 g/mol. The summed E-state index contributed by atoms with van der Waals surface area (Å²) >= 11 is 0. The molecule has 0 radical (unpaired) electrons. The summed E-state index contributed by atoms with van der Waals surface area (Å²) in [5.41, 5.74) is 0.190. The number of rotatable bonds is 2. The summed E-state index contributed by atoms with van der Waals surface area (Å²) in [6.07, 6.45) is 0.823. The molecule has 0 saturated carbocycles. The molecule has 0 saturated heterocycles. The lowest BCUT2D eigenvalue weighted by Gasteiger charge is -2.23. The van der Waals surface area contributed by atoms with Crippen molar-refractivity contribution in [1.82, 2.24) is 0 Å². The van der Waals surface area contributed by atoms with Crippen molar-refractivity contribution in [3.63, 3.8) is 0 Å². The molecule has 1 atom stereocenters. The van der Waals surface area contributed by atoms with E-state index < -0.39 is 5.92 Å². The molecule has 0 bridgehead atoms. The fourth-order valence-electron chi connectivity index (χ4n) is 1.65. The maximum atomic E-state index is 11.8. The number of hydrogen-bond acceptors (Lipinski definition) is 4. The molecule has 1 aliphatic rings. The second kappa shape index (κ2) is 3.73.